The van der Waals surface area contributed by atoms with Gasteiger partial charge in [-0.05, 0) is 42.1 Å². The van der Waals surface area contributed by atoms with Crippen molar-refractivity contribution in [1.29, 1.82) is 0 Å². The number of aryl methyl sites for hydroxylation is 1. The molecule has 1 aromatic carbocycles. The number of carbonyl (C=O) groups is 1. The predicted octanol–water partition coefficient (Wildman–Crippen LogP) is 3.56. The van der Waals surface area contributed by atoms with Crippen molar-refractivity contribution >= 4 is 17.3 Å². The Kier molecular flexibility index (Phi) is 2.75. The second-order valence-corrected chi connectivity index (χ2v) is 4.35. The molecular formula is C12H9FO2S. The highest BCUT2D eigenvalue weighted by atomic mass is 32.1. The molecule has 16 heavy (non-hydrogen) atoms. The van der Waals surface area contributed by atoms with E-state index in [0.29, 0.717) is 5.56 Å². The average Bonchev–Trinajstić information content (AvgIpc) is 2.65. The SMILES string of the molecule is Cc1ccsc1-c1cc(C(=O)O)ccc1F. The van der Waals surface area contributed by atoms with Gasteiger partial charge in [-0.25, -0.2) is 9.18 Å². The van der Waals surface area contributed by atoms with Crippen molar-refractivity contribution in [1.82, 2.24) is 0 Å². The first kappa shape index (κ1) is 10.8. The van der Waals surface area contributed by atoms with Gasteiger partial charge in [0.15, 0.2) is 0 Å². The number of aromatic carboxylic acids is 1. The smallest absolute Gasteiger partial charge is 0.335 e. The molecule has 0 saturated heterocycles. The number of hydrogen-bond donors (Lipinski definition) is 1. The maximum atomic E-state index is 13.6. The van der Waals surface area contributed by atoms with E-state index in [9.17, 15) is 9.18 Å². The minimum absolute atomic E-state index is 0.101. The Labute approximate surface area is 96.0 Å². The van der Waals surface area contributed by atoms with E-state index in [2.05, 4.69) is 0 Å². The molecule has 2 nitrogen and oxygen atoms in total. The van der Waals surface area contributed by atoms with Crippen LogP contribution in [0.15, 0.2) is 29.6 Å². The van der Waals surface area contributed by atoms with Crippen LogP contribution in [0.3, 0.4) is 0 Å². The van der Waals surface area contributed by atoms with E-state index in [1.165, 1.54) is 29.5 Å². The molecule has 0 aliphatic carbocycles. The summed E-state index contributed by atoms with van der Waals surface area (Å²) in [6.45, 7) is 1.87. The molecule has 0 atom stereocenters. The number of hydrogen-bond acceptors (Lipinski definition) is 2. The van der Waals surface area contributed by atoms with Gasteiger partial charge in [-0.3, -0.25) is 0 Å². The number of carboxylic acid groups (broad SMARTS) is 1. The predicted molar refractivity (Wildman–Crippen MR) is 61.4 cm³/mol. The Morgan fingerprint density at radius 2 is 2.12 bits per heavy atom. The van der Waals surface area contributed by atoms with Gasteiger partial charge in [-0.1, -0.05) is 0 Å². The second kappa shape index (κ2) is 4.06. The van der Waals surface area contributed by atoms with Crippen LogP contribution in [0, 0.1) is 12.7 Å². The summed E-state index contributed by atoms with van der Waals surface area (Å²) in [5, 5.41) is 10.7. The molecule has 1 aromatic heterocycles. The van der Waals surface area contributed by atoms with Gasteiger partial charge >= 0.3 is 5.97 Å². The van der Waals surface area contributed by atoms with Gasteiger partial charge in [0.05, 0.1) is 5.56 Å². The van der Waals surface area contributed by atoms with E-state index in [1.54, 1.807) is 0 Å². The zero-order chi connectivity index (χ0) is 11.7. The zero-order valence-corrected chi connectivity index (χ0v) is 9.34. The molecule has 82 valence electrons. The van der Waals surface area contributed by atoms with Crippen molar-refractivity contribution < 1.29 is 14.3 Å². The maximum Gasteiger partial charge on any atom is 0.335 e. The molecule has 0 saturated carbocycles. The normalized spacial score (nSPS) is 10.4. The molecule has 0 aliphatic heterocycles. The van der Waals surface area contributed by atoms with Gasteiger partial charge in [0, 0.05) is 10.4 Å². The van der Waals surface area contributed by atoms with Crippen LogP contribution in [-0.2, 0) is 0 Å². The third-order valence-electron chi connectivity index (χ3n) is 2.32. The summed E-state index contributed by atoms with van der Waals surface area (Å²) < 4.78 is 13.6. The van der Waals surface area contributed by atoms with E-state index >= 15 is 0 Å². The number of benzene rings is 1. The second-order valence-electron chi connectivity index (χ2n) is 3.43. The van der Waals surface area contributed by atoms with Crippen LogP contribution in [0.5, 0.6) is 0 Å². The summed E-state index contributed by atoms with van der Waals surface area (Å²) in [4.78, 5) is 11.6. The number of rotatable bonds is 2. The van der Waals surface area contributed by atoms with Gasteiger partial charge in [-0.15, -0.1) is 11.3 Å². The Morgan fingerprint density at radius 1 is 1.38 bits per heavy atom. The number of carboxylic acids is 1. The third kappa shape index (κ3) is 1.84. The Bertz CT molecular complexity index is 546. The Balaban J connectivity index is 2.60. The first-order chi connectivity index (χ1) is 7.59. The number of halogens is 1. The summed E-state index contributed by atoms with van der Waals surface area (Å²) in [7, 11) is 0. The van der Waals surface area contributed by atoms with Crippen LogP contribution >= 0.6 is 11.3 Å². The molecule has 2 aromatic rings. The molecule has 0 aliphatic rings. The van der Waals surface area contributed by atoms with Gasteiger partial charge in [0.2, 0.25) is 0 Å². The molecule has 0 amide bonds. The highest BCUT2D eigenvalue weighted by Crippen LogP contribution is 2.31. The Hall–Kier alpha value is -1.68. The summed E-state index contributed by atoms with van der Waals surface area (Å²) in [6.07, 6.45) is 0. The van der Waals surface area contributed by atoms with Crippen molar-refractivity contribution in [2.75, 3.05) is 0 Å². The fraction of sp³-hybridized carbons (Fsp3) is 0.0833. The minimum Gasteiger partial charge on any atom is -0.478 e. The average molecular weight is 236 g/mol. The standard InChI is InChI=1S/C12H9FO2S/c1-7-4-5-16-11(7)9-6-8(12(14)15)2-3-10(9)13/h2-6H,1H3,(H,14,15). The first-order valence-corrected chi connectivity index (χ1v) is 5.55. The molecule has 1 heterocycles. The van der Waals surface area contributed by atoms with Gasteiger partial charge in [0.25, 0.3) is 0 Å². The highest BCUT2D eigenvalue weighted by molar-refractivity contribution is 7.13. The number of thiophene rings is 1. The lowest BCUT2D eigenvalue weighted by Gasteiger charge is -2.03. The molecule has 0 radical (unpaired) electrons. The molecule has 0 bridgehead atoms. The largest absolute Gasteiger partial charge is 0.478 e. The van der Waals surface area contributed by atoms with E-state index in [4.69, 9.17) is 5.11 Å². The molecular weight excluding hydrogens is 227 g/mol. The van der Waals surface area contributed by atoms with Crippen molar-refractivity contribution in [2.24, 2.45) is 0 Å². The Morgan fingerprint density at radius 3 is 2.69 bits per heavy atom. The van der Waals surface area contributed by atoms with E-state index < -0.39 is 11.8 Å². The topological polar surface area (TPSA) is 37.3 Å². The summed E-state index contributed by atoms with van der Waals surface area (Å²) >= 11 is 1.40. The van der Waals surface area contributed by atoms with Crippen LogP contribution in [0.4, 0.5) is 4.39 Å². The fourth-order valence-electron chi connectivity index (χ4n) is 1.48. The lowest BCUT2D eigenvalue weighted by molar-refractivity contribution is 0.0697. The fourth-order valence-corrected chi connectivity index (χ4v) is 2.43. The van der Waals surface area contributed by atoms with E-state index in [0.717, 1.165) is 10.4 Å². The summed E-state index contributed by atoms with van der Waals surface area (Å²) in [5.41, 5.74) is 1.41. The van der Waals surface area contributed by atoms with Crippen molar-refractivity contribution in [2.45, 2.75) is 6.92 Å². The van der Waals surface area contributed by atoms with Crippen LogP contribution in [0.2, 0.25) is 0 Å². The van der Waals surface area contributed by atoms with Gasteiger partial charge < -0.3 is 5.11 Å². The first-order valence-electron chi connectivity index (χ1n) is 4.67. The van der Waals surface area contributed by atoms with Crippen molar-refractivity contribution in [3.8, 4) is 10.4 Å². The molecule has 0 spiro atoms. The van der Waals surface area contributed by atoms with E-state index in [1.807, 2.05) is 18.4 Å². The maximum absolute atomic E-state index is 13.6. The monoisotopic (exact) mass is 236 g/mol. The molecule has 1 N–H and O–H groups in total. The van der Waals surface area contributed by atoms with Crippen molar-refractivity contribution in [3.63, 3.8) is 0 Å². The van der Waals surface area contributed by atoms with E-state index in [-0.39, 0.29) is 5.56 Å². The quantitative estimate of drug-likeness (QED) is 0.865. The summed E-state index contributed by atoms with van der Waals surface area (Å²) in [5.74, 6) is -1.44. The van der Waals surface area contributed by atoms with Crippen LogP contribution in [-0.4, -0.2) is 11.1 Å². The van der Waals surface area contributed by atoms with Gasteiger partial charge in [0.1, 0.15) is 5.82 Å². The minimum atomic E-state index is -1.05. The van der Waals surface area contributed by atoms with Crippen molar-refractivity contribution in [3.05, 3.63) is 46.6 Å². The van der Waals surface area contributed by atoms with Crippen LogP contribution in [0.1, 0.15) is 15.9 Å². The van der Waals surface area contributed by atoms with Crippen LogP contribution < -0.4 is 0 Å². The molecule has 0 unspecified atom stereocenters. The zero-order valence-electron chi connectivity index (χ0n) is 8.53. The third-order valence-corrected chi connectivity index (χ3v) is 3.37. The lowest BCUT2D eigenvalue weighted by Crippen LogP contribution is -1.97. The van der Waals surface area contributed by atoms with Gasteiger partial charge in [-0.2, -0.15) is 0 Å². The molecule has 2 rings (SSSR count). The van der Waals surface area contributed by atoms with Crippen LogP contribution in [0.25, 0.3) is 10.4 Å². The molecule has 4 heteroatoms. The lowest BCUT2D eigenvalue weighted by atomic mass is 10.1. The highest BCUT2D eigenvalue weighted by Gasteiger charge is 2.12. The summed E-state index contributed by atoms with van der Waals surface area (Å²) in [6, 6.07) is 5.71. The molecule has 0 fully saturated rings.